The normalized spacial score (nSPS) is 25.9. The van der Waals surface area contributed by atoms with E-state index >= 15 is 24.0 Å². The zero-order valence-electron chi connectivity index (χ0n) is 67.8. The minimum Gasteiger partial charge on any atom is -0.508 e. The molecule has 9 amide bonds. The van der Waals surface area contributed by atoms with Crippen LogP contribution in [0.4, 0.5) is 5.82 Å². The summed E-state index contributed by atoms with van der Waals surface area (Å²) in [6, 6.07) is 7.52. The number of halogens is 3. The summed E-state index contributed by atoms with van der Waals surface area (Å²) in [6.07, 6.45) is -15.4. The molecule has 23 N–H and O–H groups in total. The van der Waals surface area contributed by atoms with Crippen molar-refractivity contribution in [2.75, 3.05) is 38.7 Å². The molecule has 43 heteroatoms. The number of carbonyl (C=O) groups is 9. The number of benzene rings is 6. The molecule has 0 unspecified atom stereocenters. The standard InChI is InChI=1S/C83H93Cl3N14O26/c1-35(2)24-48(88-5)74(113)97-65-67(108)39-10-15-52(46(85)26-39)122-54-28-41-29-55(71(54)126-81-72(70(111)69(110)56(34-102)124-81)125-60-33-83(4,73(112)36(3)121-60)89-19-22-100-21-18-58(93-82(100)120)92-59(107)17-8-37-6-12-42(84)13-7-37)123-53-16-11-40(27-47(53)86)68(109)66-79(118)96-64(80(119)99-90-20-23-101)45-30-43(103)31-51(105)61(45)44-25-38(9-14-50(44)104)62(76(115)98-66)95-77(116)63(41)94-75(114)49(32-57(87)106)91-78(65)117/h6-18,21,25-31,35-36,48-49,56,60,62-70,72-73,81,88-90,101-105,108-112H,19-20,22-24,32-34H2,1-5H3,(H2,87,106)(H,91,117)(H,94,114)(H,95,116)(H,96,118)(H,97,113)(H,98,115)(H,99,119)(H,92,93,107,120)/b17-8+/t36-,48+,49-,56+,60-,62+,63+,64+,65+,66-,67+,68+,69+,70-,72+,73+,81-,83-/m0/s1. The maximum Gasteiger partial charge on any atom is 0.349 e. The fraction of sp³-hybridized carbons (Fsp3) is 0.386. The van der Waals surface area contributed by atoms with Crippen molar-refractivity contribution in [3.63, 3.8) is 0 Å². The average molecular weight is 1810 g/mol. The number of ether oxygens (including phenoxy) is 6. The number of nitrogens with two attached hydrogens (primary N) is 1. The van der Waals surface area contributed by atoms with Gasteiger partial charge in [-0.1, -0.05) is 79.0 Å². The van der Waals surface area contributed by atoms with Crippen LogP contribution in [-0.4, -0.2) is 226 Å². The Labute approximate surface area is 732 Å². The van der Waals surface area contributed by atoms with Gasteiger partial charge in [0.1, 0.15) is 101 Å². The van der Waals surface area contributed by atoms with Gasteiger partial charge in [-0.05, 0) is 145 Å². The third-order valence-electron chi connectivity index (χ3n) is 21.5. The van der Waals surface area contributed by atoms with Gasteiger partial charge in [0.05, 0.1) is 47.9 Å². The van der Waals surface area contributed by atoms with Crippen LogP contribution in [0.25, 0.3) is 17.2 Å². The molecule has 6 aromatic carbocycles. The molecule has 18 atom stereocenters. The SMILES string of the molecule is CN[C@H](CC(C)C)C(=O)N[C@H]1C(=O)N[C@@H](CC(N)=O)C(=O)N[C@H]2C(=O)N[C@H]3C(=O)N[C@H](C(=O)N[C@@H](C(=O)NNCCO)c4cc(O)cc(O)c4-c4cc3ccc4O)[C@H](O)c3ccc(c(Cl)c3)Oc3cc2cc(c3O[C@@H]2O[C@H](CO)[C@@H](O)[C@H](O)[C@H]2O[C@H]2C[C@](C)(NCCn3ccc(NC(=O)/C=C/c4ccc(Cl)cc4)nc3=O)[C@H](O)[C@H](C)O2)Oc2ccc(cc2Cl)[C@H]1O. The van der Waals surface area contributed by atoms with E-state index < -0.39 is 260 Å². The first kappa shape index (κ1) is 93.5. The lowest BCUT2D eigenvalue weighted by atomic mass is 9.85. The molecule has 7 aliphatic heterocycles. The van der Waals surface area contributed by atoms with E-state index in [-0.39, 0.29) is 66.7 Å². The van der Waals surface area contributed by atoms with Gasteiger partial charge in [-0.2, -0.15) is 4.98 Å². The number of primary amides is 1. The summed E-state index contributed by atoms with van der Waals surface area (Å²) in [6.45, 7) is 4.78. The molecule has 11 bridgehead atoms. The lowest BCUT2D eigenvalue weighted by molar-refractivity contribution is -0.334. The van der Waals surface area contributed by atoms with Gasteiger partial charge in [0.25, 0.3) is 5.91 Å². The zero-order valence-corrected chi connectivity index (χ0v) is 70.1. The Balaban J connectivity index is 0.997. The summed E-state index contributed by atoms with van der Waals surface area (Å²) >= 11 is 20.3. The number of aliphatic hydroxyl groups excluding tert-OH is 7. The summed E-state index contributed by atoms with van der Waals surface area (Å²) < 4.78 is 40.6. The fourth-order valence-electron chi connectivity index (χ4n) is 15.0. The molecule has 1 aromatic heterocycles. The minimum absolute atomic E-state index is 0.0368. The van der Waals surface area contributed by atoms with Gasteiger partial charge < -0.3 is 133 Å². The van der Waals surface area contributed by atoms with E-state index in [0.717, 1.165) is 66.7 Å². The van der Waals surface area contributed by atoms with Crippen molar-refractivity contribution in [3.05, 3.63) is 180 Å². The number of carbonyl (C=O) groups excluding carboxylic acids is 9. The quantitative estimate of drug-likeness (QED) is 0.0240. The number of nitrogens with zero attached hydrogens (tertiary/aromatic N) is 2. The Kier molecular flexibility index (Phi) is 29.9. The van der Waals surface area contributed by atoms with Crippen molar-refractivity contribution in [1.82, 2.24) is 62.9 Å². The summed E-state index contributed by atoms with van der Waals surface area (Å²) in [5, 5.41) is 139. The second kappa shape index (κ2) is 40.3. The summed E-state index contributed by atoms with van der Waals surface area (Å²) in [5.74, 6) is -16.2. The van der Waals surface area contributed by atoms with Gasteiger partial charge in [0.15, 0.2) is 23.9 Å². The third kappa shape index (κ3) is 21.5. The van der Waals surface area contributed by atoms with Gasteiger partial charge in [-0.25, -0.2) is 10.2 Å². The number of aromatic nitrogens is 2. The van der Waals surface area contributed by atoms with E-state index in [9.17, 15) is 75.0 Å². The van der Waals surface area contributed by atoms with Crippen LogP contribution < -0.4 is 84.3 Å². The van der Waals surface area contributed by atoms with Gasteiger partial charge >= 0.3 is 5.69 Å². The number of fused-ring (bicyclic) bond motifs is 15. The first-order chi connectivity index (χ1) is 59.9. The molecule has 2 saturated heterocycles. The van der Waals surface area contributed by atoms with Crippen molar-refractivity contribution >= 4 is 99.9 Å². The van der Waals surface area contributed by atoms with E-state index in [2.05, 4.69) is 63.7 Å². The highest BCUT2D eigenvalue weighted by Crippen LogP contribution is 2.50. The van der Waals surface area contributed by atoms with Crippen molar-refractivity contribution in [1.29, 1.82) is 0 Å². The Morgan fingerprint density at radius 3 is 2.00 bits per heavy atom. The number of nitrogens with one attached hydrogen (secondary N) is 11. The number of phenols is 3. The summed E-state index contributed by atoms with van der Waals surface area (Å²) in [4.78, 5) is 150. The molecule has 7 aliphatic rings. The van der Waals surface area contributed by atoms with Crippen LogP contribution in [-0.2, 0) is 63.9 Å². The molecule has 8 heterocycles. The van der Waals surface area contributed by atoms with E-state index in [4.69, 9.17) is 69.0 Å². The number of anilines is 1. The highest BCUT2D eigenvalue weighted by Gasteiger charge is 2.52. The van der Waals surface area contributed by atoms with Crippen LogP contribution in [0.1, 0.15) is 111 Å². The number of aliphatic hydroxyl groups is 7. The topological polar surface area (TPSA) is 605 Å². The Morgan fingerprint density at radius 2 is 1.37 bits per heavy atom. The van der Waals surface area contributed by atoms with E-state index in [1.54, 1.807) is 31.2 Å². The van der Waals surface area contributed by atoms with Crippen LogP contribution in [0, 0.1) is 5.92 Å². The Hall–Kier alpha value is -11.7. The van der Waals surface area contributed by atoms with Crippen LogP contribution in [0.15, 0.2) is 126 Å². The second-order valence-corrected chi connectivity index (χ2v) is 32.3. The molecule has 2 fully saturated rings. The zero-order chi connectivity index (χ0) is 91.0. The monoisotopic (exact) mass is 1810 g/mol. The van der Waals surface area contributed by atoms with Crippen LogP contribution in [0.5, 0.6) is 46.0 Å². The van der Waals surface area contributed by atoms with Crippen LogP contribution in [0.2, 0.25) is 15.1 Å². The molecule has 0 spiro atoms. The van der Waals surface area contributed by atoms with E-state index in [1.165, 1.54) is 55.1 Å². The Morgan fingerprint density at radius 1 is 0.714 bits per heavy atom. The number of phenolic OH excluding ortho intramolecular Hbond substituents is 3. The molecule has 126 heavy (non-hydrogen) atoms. The van der Waals surface area contributed by atoms with Crippen LogP contribution >= 0.6 is 34.8 Å². The predicted octanol–water partition coefficient (Wildman–Crippen LogP) is 0.828. The lowest BCUT2D eigenvalue weighted by Gasteiger charge is -2.48. The van der Waals surface area contributed by atoms with Crippen molar-refractivity contribution < 1.29 is 123 Å². The molecule has 0 aliphatic carbocycles. The second-order valence-electron chi connectivity index (χ2n) is 31.0. The number of likely N-dealkylation sites (N-methyl/N-ethyl adjacent to an activating group) is 1. The largest absolute Gasteiger partial charge is 0.508 e. The number of aromatic hydroxyl groups is 3. The maximum atomic E-state index is 16.3. The molecule has 672 valence electrons. The molecular formula is C83H93Cl3N14O26. The van der Waals surface area contributed by atoms with Crippen molar-refractivity contribution in [2.24, 2.45) is 11.7 Å². The fourth-order valence-corrected chi connectivity index (χ4v) is 15.6. The summed E-state index contributed by atoms with van der Waals surface area (Å²) in [5.41, 5.74) is 6.31. The number of hydrazine groups is 1. The molecule has 0 radical (unpaired) electrons. The first-order valence-electron chi connectivity index (χ1n) is 39.6. The summed E-state index contributed by atoms with van der Waals surface area (Å²) in [7, 11) is 1.47. The number of amides is 9. The molecule has 40 nitrogen and oxygen atoms in total. The predicted molar refractivity (Wildman–Crippen MR) is 446 cm³/mol. The lowest BCUT2D eigenvalue weighted by Crippen LogP contribution is -2.65. The van der Waals surface area contributed by atoms with Gasteiger partial charge in [0.2, 0.25) is 59.3 Å². The first-order valence-corrected chi connectivity index (χ1v) is 40.7. The molecule has 14 rings (SSSR count). The molecular weight excluding hydrogens is 1720 g/mol. The average Bonchev–Trinajstić information content (AvgIpc) is 0.764. The van der Waals surface area contributed by atoms with Gasteiger partial charge in [0, 0.05) is 66.1 Å². The van der Waals surface area contributed by atoms with Crippen molar-refractivity contribution in [3.8, 4) is 57.1 Å². The van der Waals surface area contributed by atoms with Crippen molar-refractivity contribution in [2.45, 2.75) is 163 Å². The third-order valence-corrected chi connectivity index (χ3v) is 22.3. The molecule has 0 saturated carbocycles. The van der Waals surface area contributed by atoms with Gasteiger partial charge in [-0.3, -0.25) is 53.1 Å². The highest BCUT2D eigenvalue weighted by atomic mass is 35.5. The van der Waals surface area contributed by atoms with Gasteiger partial charge in [-0.15, -0.1) is 0 Å². The maximum absolute atomic E-state index is 16.3. The number of hydrogen-bond donors (Lipinski definition) is 22. The minimum atomic E-state index is -2.40. The number of rotatable bonds is 23. The number of hydrogen-bond acceptors (Lipinski definition) is 30. The van der Waals surface area contributed by atoms with Crippen LogP contribution in [0.3, 0.4) is 0 Å². The van der Waals surface area contributed by atoms with E-state index in [1.807, 2.05) is 13.8 Å². The smallest absolute Gasteiger partial charge is 0.349 e. The Bertz CT molecular complexity index is 5380. The highest BCUT2D eigenvalue weighted by molar-refractivity contribution is 6.32. The van der Waals surface area contributed by atoms with E-state index in [0.29, 0.717) is 10.6 Å². The molecule has 7 aromatic rings.